The Bertz CT molecular complexity index is 517. The summed E-state index contributed by atoms with van der Waals surface area (Å²) in [6.07, 6.45) is 11.4. The average molecular weight is 268 g/mol. The Morgan fingerprint density at radius 2 is 1.70 bits per heavy atom. The van der Waals surface area contributed by atoms with Crippen LogP contribution in [0.2, 0.25) is 0 Å². The van der Waals surface area contributed by atoms with E-state index in [4.69, 9.17) is 0 Å². The van der Waals surface area contributed by atoms with Gasteiger partial charge in [0.25, 0.3) is 0 Å². The molecule has 0 spiro atoms. The van der Waals surface area contributed by atoms with Crippen molar-refractivity contribution in [3.05, 3.63) is 47.9 Å². The summed E-state index contributed by atoms with van der Waals surface area (Å²) in [5.74, 6) is 0. The summed E-state index contributed by atoms with van der Waals surface area (Å²) < 4.78 is 0. The zero-order chi connectivity index (χ0) is 14.2. The molecule has 0 unspecified atom stereocenters. The van der Waals surface area contributed by atoms with Crippen molar-refractivity contribution in [2.24, 2.45) is 0 Å². The van der Waals surface area contributed by atoms with Crippen LogP contribution in [0.3, 0.4) is 0 Å². The molecule has 0 N–H and O–H groups in total. The van der Waals surface area contributed by atoms with Crippen molar-refractivity contribution in [2.45, 2.75) is 52.4 Å². The molecule has 2 aromatic rings. The number of rotatable bonds is 7. The third-order valence-corrected chi connectivity index (χ3v) is 3.66. The van der Waals surface area contributed by atoms with E-state index >= 15 is 0 Å². The fourth-order valence-electron chi connectivity index (χ4n) is 2.39. The maximum Gasteiger partial charge on any atom is 0.0888 e. The molecule has 20 heavy (non-hydrogen) atoms. The first-order chi connectivity index (χ1) is 9.81. The molecule has 2 nitrogen and oxygen atoms in total. The third-order valence-electron chi connectivity index (χ3n) is 3.66. The molecule has 0 radical (unpaired) electrons. The van der Waals surface area contributed by atoms with Gasteiger partial charge < -0.3 is 0 Å². The maximum absolute atomic E-state index is 4.56. The molecule has 1 aromatic carbocycles. The number of hydrogen-bond acceptors (Lipinski definition) is 2. The van der Waals surface area contributed by atoms with E-state index in [0.717, 1.165) is 17.8 Å². The molecule has 0 aliphatic carbocycles. The van der Waals surface area contributed by atoms with E-state index in [9.17, 15) is 0 Å². The summed E-state index contributed by atoms with van der Waals surface area (Å²) >= 11 is 0. The van der Waals surface area contributed by atoms with Crippen molar-refractivity contribution in [2.75, 3.05) is 0 Å². The van der Waals surface area contributed by atoms with Gasteiger partial charge in [-0.15, -0.1) is 0 Å². The molecule has 0 fully saturated rings. The third kappa shape index (κ3) is 4.16. The molecule has 106 valence electrons. The van der Waals surface area contributed by atoms with E-state index in [-0.39, 0.29) is 0 Å². The fourth-order valence-corrected chi connectivity index (χ4v) is 2.39. The molecule has 0 atom stereocenters. The largest absolute Gasteiger partial charge is 0.257 e. The smallest absolute Gasteiger partial charge is 0.0888 e. The maximum atomic E-state index is 4.56. The zero-order valence-electron chi connectivity index (χ0n) is 12.6. The minimum Gasteiger partial charge on any atom is -0.257 e. The summed E-state index contributed by atoms with van der Waals surface area (Å²) in [5, 5.41) is 0. The predicted molar refractivity (Wildman–Crippen MR) is 84.7 cm³/mol. The molecule has 2 heteroatoms. The van der Waals surface area contributed by atoms with Crippen molar-refractivity contribution in [3.8, 4) is 11.3 Å². The lowest BCUT2D eigenvalue weighted by Gasteiger charge is -2.05. The van der Waals surface area contributed by atoms with Gasteiger partial charge >= 0.3 is 0 Å². The second-order valence-electron chi connectivity index (χ2n) is 5.37. The molecule has 0 bridgehead atoms. The van der Waals surface area contributed by atoms with E-state index in [1.54, 1.807) is 0 Å². The second-order valence-corrected chi connectivity index (χ2v) is 5.37. The second kappa shape index (κ2) is 7.78. The quantitative estimate of drug-likeness (QED) is 0.663. The van der Waals surface area contributed by atoms with Crippen molar-refractivity contribution >= 4 is 0 Å². The molecule has 0 aliphatic heterocycles. The molecule has 0 amide bonds. The first-order valence-corrected chi connectivity index (χ1v) is 7.68. The number of unbranched alkanes of at least 4 members (excludes halogenated alkanes) is 4. The molecule has 0 aliphatic rings. The van der Waals surface area contributed by atoms with E-state index in [1.807, 2.05) is 18.5 Å². The Morgan fingerprint density at radius 3 is 2.40 bits per heavy atom. The first kappa shape index (κ1) is 14.7. The molecular formula is C18H24N2. The van der Waals surface area contributed by atoms with Gasteiger partial charge in [-0.05, 0) is 25.3 Å². The summed E-state index contributed by atoms with van der Waals surface area (Å²) in [5.41, 5.74) is 4.50. The van der Waals surface area contributed by atoms with Crippen LogP contribution in [0.4, 0.5) is 0 Å². The lowest BCUT2D eigenvalue weighted by atomic mass is 10.1. The van der Waals surface area contributed by atoms with Crippen LogP contribution in [0.25, 0.3) is 11.3 Å². The van der Waals surface area contributed by atoms with Gasteiger partial charge in [-0.2, -0.15) is 0 Å². The SMILES string of the molecule is CCCCCCCc1cnc(-c2ccccc2C)cn1. The summed E-state index contributed by atoms with van der Waals surface area (Å²) in [6, 6.07) is 8.31. The van der Waals surface area contributed by atoms with Crippen LogP contribution in [-0.4, -0.2) is 9.97 Å². The highest BCUT2D eigenvalue weighted by Gasteiger charge is 2.03. The monoisotopic (exact) mass is 268 g/mol. The number of aromatic nitrogens is 2. The first-order valence-electron chi connectivity index (χ1n) is 7.68. The van der Waals surface area contributed by atoms with Crippen LogP contribution >= 0.6 is 0 Å². The Labute approximate surface area is 122 Å². The summed E-state index contributed by atoms with van der Waals surface area (Å²) in [7, 11) is 0. The van der Waals surface area contributed by atoms with Crippen LogP contribution in [0.5, 0.6) is 0 Å². The number of benzene rings is 1. The number of hydrogen-bond donors (Lipinski definition) is 0. The number of aryl methyl sites for hydroxylation is 2. The lowest BCUT2D eigenvalue weighted by Crippen LogP contribution is -1.94. The molecule has 1 heterocycles. The van der Waals surface area contributed by atoms with Crippen molar-refractivity contribution in [3.63, 3.8) is 0 Å². The Hall–Kier alpha value is -1.70. The molecular weight excluding hydrogens is 244 g/mol. The van der Waals surface area contributed by atoms with Gasteiger partial charge in [-0.3, -0.25) is 9.97 Å². The summed E-state index contributed by atoms with van der Waals surface area (Å²) in [6.45, 7) is 4.36. The Balaban J connectivity index is 1.92. The molecule has 2 rings (SSSR count). The highest BCUT2D eigenvalue weighted by atomic mass is 14.8. The van der Waals surface area contributed by atoms with Crippen LogP contribution in [0.1, 0.15) is 50.3 Å². The average Bonchev–Trinajstić information content (AvgIpc) is 2.48. The standard InChI is InChI=1S/C18H24N2/c1-3-4-5-6-7-11-16-13-20-18(14-19-16)17-12-9-8-10-15(17)2/h8-10,12-14H,3-7,11H2,1-2H3. The fraction of sp³-hybridized carbons (Fsp3) is 0.444. The topological polar surface area (TPSA) is 25.8 Å². The van der Waals surface area contributed by atoms with Gasteiger partial charge in [-0.1, -0.05) is 56.9 Å². The normalized spacial score (nSPS) is 10.7. The molecule has 0 saturated carbocycles. The highest BCUT2D eigenvalue weighted by molar-refractivity contribution is 5.62. The van der Waals surface area contributed by atoms with Crippen LogP contribution in [0.15, 0.2) is 36.7 Å². The van der Waals surface area contributed by atoms with E-state index in [1.165, 1.54) is 43.2 Å². The van der Waals surface area contributed by atoms with Crippen LogP contribution in [0, 0.1) is 6.92 Å². The van der Waals surface area contributed by atoms with Gasteiger partial charge in [0.05, 0.1) is 17.6 Å². The molecule has 1 aromatic heterocycles. The van der Waals surface area contributed by atoms with Crippen molar-refractivity contribution in [1.29, 1.82) is 0 Å². The van der Waals surface area contributed by atoms with Crippen LogP contribution in [-0.2, 0) is 6.42 Å². The lowest BCUT2D eigenvalue weighted by molar-refractivity contribution is 0.627. The van der Waals surface area contributed by atoms with Crippen molar-refractivity contribution < 1.29 is 0 Å². The van der Waals surface area contributed by atoms with E-state index in [0.29, 0.717) is 0 Å². The van der Waals surface area contributed by atoms with Gasteiger partial charge in [0, 0.05) is 11.8 Å². The zero-order valence-corrected chi connectivity index (χ0v) is 12.6. The summed E-state index contributed by atoms with van der Waals surface area (Å²) in [4.78, 5) is 9.11. The Kier molecular flexibility index (Phi) is 5.72. The van der Waals surface area contributed by atoms with Gasteiger partial charge in [0.1, 0.15) is 0 Å². The number of nitrogens with zero attached hydrogens (tertiary/aromatic N) is 2. The minimum atomic E-state index is 0.970. The minimum absolute atomic E-state index is 0.970. The van der Waals surface area contributed by atoms with Gasteiger partial charge in [-0.25, -0.2) is 0 Å². The molecule has 0 saturated heterocycles. The van der Waals surface area contributed by atoms with Crippen molar-refractivity contribution in [1.82, 2.24) is 9.97 Å². The van der Waals surface area contributed by atoms with E-state index in [2.05, 4.69) is 42.0 Å². The van der Waals surface area contributed by atoms with Gasteiger partial charge in [0.15, 0.2) is 0 Å². The Morgan fingerprint density at radius 1 is 0.900 bits per heavy atom. The predicted octanol–water partition coefficient (Wildman–Crippen LogP) is 4.96. The highest BCUT2D eigenvalue weighted by Crippen LogP contribution is 2.20. The van der Waals surface area contributed by atoms with Crippen LogP contribution < -0.4 is 0 Å². The van der Waals surface area contributed by atoms with E-state index < -0.39 is 0 Å². The van der Waals surface area contributed by atoms with Gasteiger partial charge in [0.2, 0.25) is 0 Å².